The molecule has 5 nitrogen and oxygen atoms in total. The number of aromatic nitrogens is 1. The first kappa shape index (κ1) is 18.1. The van der Waals surface area contributed by atoms with E-state index in [1.807, 2.05) is 39.0 Å². The molecule has 0 fully saturated rings. The molecule has 1 heterocycles. The van der Waals surface area contributed by atoms with E-state index in [4.69, 9.17) is 5.73 Å². The summed E-state index contributed by atoms with van der Waals surface area (Å²) in [5.41, 5.74) is 6.11. The normalized spacial score (nSPS) is 15.1. The Balaban J connectivity index is 2.90. The van der Waals surface area contributed by atoms with E-state index in [-0.39, 0.29) is 5.75 Å². The van der Waals surface area contributed by atoms with Gasteiger partial charge in [-0.1, -0.05) is 19.9 Å². The fourth-order valence-corrected chi connectivity index (χ4v) is 4.28. The van der Waals surface area contributed by atoms with Gasteiger partial charge in [-0.25, -0.2) is 8.42 Å². The molecular weight excluding hydrogens is 286 g/mol. The monoisotopic (exact) mass is 313 g/mol. The van der Waals surface area contributed by atoms with Crippen molar-refractivity contribution in [3.8, 4) is 0 Å². The Morgan fingerprint density at radius 2 is 2.05 bits per heavy atom. The highest BCUT2D eigenvalue weighted by Gasteiger charge is 2.36. The standard InChI is InChI=1S/C15H27N3O2S/c1-4-11-18(15(3,5-2)13-16)21(19,20)12-9-14-8-6-7-10-17-14/h6-8,10H,4-5,9,11-13,16H2,1-3H3. The minimum absolute atomic E-state index is 0.0691. The molecule has 0 bridgehead atoms. The van der Waals surface area contributed by atoms with Crippen molar-refractivity contribution in [1.82, 2.24) is 9.29 Å². The number of sulfonamides is 1. The van der Waals surface area contributed by atoms with Crippen LogP contribution in [0.1, 0.15) is 39.3 Å². The predicted octanol–water partition coefficient (Wildman–Crippen LogP) is 1.79. The van der Waals surface area contributed by atoms with Gasteiger partial charge in [-0.15, -0.1) is 0 Å². The molecule has 1 rings (SSSR count). The van der Waals surface area contributed by atoms with Gasteiger partial charge in [-0.2, -0.15) is 4.31 Å². The Labute approximate surface area is 128 Å². The number of pyridine rings is 1. The Hall–Kier alpha value is -0.980. The van der Waals surface area contributed by atoms with Crippen LogP contribution in [0.5, 0.6) is 0 Å². The fraction of sp³-hybridized carbons (Fsp3) is 0.667. The lowest BCUT2D eigenvalue weighted by molar-refractivity contribution is 0.206. The molecule has 1 aromatic rings. The number of nitrogens with zero attached hydrogens (tertiary/aromatic N) is 2. The van der Waals surface area contributed by atoms with Gasteiger partial charge in [0.2, 0.25) is 10.0 Å². The summed E-state index contributed by atoms with van der Waals surface area (Å²) in [5.74, 6) is 0.0691. The van der Waals surface area contributed by atoms with Crippen molar-refractivity contribution in [2.45, 2.75) is 45.6 Å². The van der Waals surface area contributed by atoms with Crippen LogP contribution in [0.15, 0.2) is 24.4 Å². The average molecular weight is 313 g/mol. The van der Waals surface area contributed by atoms with Crippen molar-refractivity contribution in [2.24, 2.45) is 5.73 Å². The van der Waals surface area contributed by atoms with E-state index in [1.165, 1.54) is 0 Å². The highest BCUT2D eigenvalue weighted by Crippen LogP contribution is 2.23. The third kappa shape index (κ3) is 4.76. The quantitative estimate of drug-likeness (QED) is 0.754. The van der Waals surface area contributed by atoms with Gasteiger partial charge in [0.1, 0.15) is 0 Å². The topological polar surface area (TPSA) is 76.3 Å². The van der Waals surface area contributed by atoms with E-state index in [0.29, 0.717) is 25.9 Å². The van der Waals surface area contributed by atoms with Gasteiger partial charge >= 0.3 is 0 Å². The van der Waals surface area contributed by atoms with Crippen molar-refractivity contribution in [3.63, 3.8) is 0 Å². The number of hydrogen-bond acceptors (Lipinski definition) is 4. The predicted molar refractivity (Wildman–Crippen MR) is 86.5 cm³/mol. The molecule has 2 N–H and O–H groups in total. The molecule has 0 spiro atoms. The van der Waals surface area contributed by atoms with Crippen LogP contribution in [-0.4, -0.2) is 42.1 Å². The van der Waals surface area contributed by atoms with E-state index >= 15 is 0 Å². The summed E-state index contributed by atoms with van der Waals surface area (Å²) in [5, 5.41) is 0. The van der Waals surface area contributed by atoms with Crippen LogP contribution < -0.4 is 5.73 Å². The second-order valence-electron chi connectivity index (χ2n) is 5.51. The van der Waals surface area contributed by atoms with Gasteiger partial charge < -0.3 is 5.73 Å². The molecule has 21 heavy (non-hydrogen) atoms. The number of rotatable bonds is 9. The molecule has 0 radical (unpaired) electrons. The van der Waals surface area contributed by atoms with Crippen LogP contribution in [0, 0.1) is 0 Å². The maximum atomic E-state index is 12.7. The highest BCUT2D eigenvalue weighted by molar-refractivity contribution is 7.89. The molecular formula is C15H27N3O2S. The minimum atomic E-state index is -3.35. The molecule has 6 heteroatoms. The van der Waals surface area contributed by atoms with Gasteiger partial charge in [0.05, 0.1) is 5.75 Å². The second-order valence-corrected chi connectivity index (χ2v) is 7.53. The zero-order valence-electron chi connectivity index (χ0n) is 13.2. The zero-order chi connectivity index (χ0) is 15.9. The summed E-state index contributed by atoms with van der Waals surface area (Å²) in [4.78, 5) is 4.18. The van der Waals surface area contributed by atoms with E-state index in [9.17, 15) is 8.42 Å². The van der Waals surface area contributed by atoms with Crippen LogP contribution >= 0.6 is 0 Å². The summed E-state index contributed by atoms with van der Waals surface area (Å²) in [7, 11) is -3.35. The van der Waals surface area contributed by atoms with E-state index < -0.39 is 15.6 Å². The lowest BCUT2D eigenvalue weighted by Crippen LogP contribution is -2.54. The first-order valence-electron chi connectivity index (χ1n) is 7.50. The van der Waals surface area contributed by atoms with Crippen LogP contribution in [0.4, 0.5) is 0 Å². The van der Waals surface area contributed by atoms with Crippen molar-refractivity contribution < 1.29 is 8.42 Å². The molecule has 0 aliphatic rings. The maximum absolute atomic E-state index is 12.7. The van der Waals surface area contributed by atoms with Gasteiger partial charge in [0.25, 0.3) is 0 Å². The average Bonchev–Trinajstić information content (AvgIpc) is 2.51. The fourth-order valence-electron chi connectivity index (χ4n) is 2.26. The molecule has 0 saturated heterocycles. The van der Waals surface area contributed by atoms with Gasteiger partial charge in [0.15, 0.2) is 0 Å². The van der Waals surface area contributed by atoms with Crippen molar-refractivity contribution in [1.29, 1.82) is 0 Å². The Morgan fingerprint density at radius 1 is 1.33 bits per heavy atom. The second kappa shape index (κ2) is 7.87. The van der Waals surface area contributed by atoms with Crippen LogP contribution in [0.2, 0.25) is 0 Å². The Morgan fingerprint density at radius 3 is 2.52 bits per heavy atom. The van der Waals surface area contributed by atoms with Crippen LogP contribution in [-0.2, 0) is 16.4 Å². The van der Waals surface area contributed by atoms with Crippen molar-refractivity contribution in [3.05, 3.63) is 30.1 Å². The Bertz CT molecular complexity index is 513. The molecule has 1 unspecified atom stereocenters. The lowest BCUT2D eigenvalue weighted by atomic mass is 9.99. The zero-order valence-corrected chi connectivity index (χ0v) is 14.1. The molecule has 0 aliphatic heterocycles. The smallest absolute Gasteiger partial charge is 0.215 e. The molecule has 1 atom stereocenters. The SMILES string of the molecule is CCCN(C(C)(CC)CN)S(=O)(=O)CCc1ccccn1. The minimum Gasteiger partial charge on any atom is -0.329 e. The van der Waals surface area contributed by atoms with Gasteiger partial charge in [-0.3, -0.25) is 4.98 Å². The third-order valence-corrected chi connectivity index (χ3v) is 5.92. The van der Waals surface area contributed by atoms with Crippen molar-refractivity contribution >= 4 is 10.0 Å². The molecule has 0 amide bonds. The van der Waals surface area contributed by atoms with E-state index in [2.05, 4.69) is 4.98 Å². The maximum Gasteiger partial charge on any atom is 0.215 e. The van der Waals surface area contributed by atoms with Crippen LogP contribution in [0.3, 0.4) is 0 Å². The first-order chi connectivity index (χ1) is 9.89. The van der Waals surface area contributed by atoms with Gasteiger partial charge in [-0.05, 0) is 31.9 Å². The molecule has 0 aliphatic carbocycles. The van der Waals surface area contributed by atoms with Crippen molar-refractivity contribution in [2.75, 3.05) is 18.8 Å². The summed E-state index contributed by atoms with van der Waals surface area (Å²) in [6.07, 6.45) is 3.58. The van der Waals surface area contributed by atoms with Crippen LogP contribution in [0.25, 0.3) is 0 Å². The third-order valence-electron chi connectivity index (χ3n) is 3.91. The van der Waals surface area contributed by atoms with E-state index in [0.717, 1.165) is 12.1 Å². The highest BCUT2D eigenvalue weighted by atomic mass is 32.2. The molecule has 0 saturated carbocycles. The summed E-state index contributed by atoms with van der Waals surface area (Å²) in [6.45, 7) is 6.71. The lowest BCUT2D eigenvalue weighted by Gasteiger charge is -2.39. The summed E-state index contributed by atoms with van der Waals surface area (Å²) < 4.78 is 27.0. The number of hydrogen-bond donors (Lipinski definition) is 1. The first-order valence-corrected chi connectivity index (χ1v) is 9.11. The largest absolute Gasteiger partial charge is 0.329 e. The van der Waals surface area contributed by atoms with E-state index in [1.54, 1.807) is 10.5 Å². The molecule has 1 aromatic heterocycles. The summed E-state index contributed by atoms with van der Waals surface area (Å²) in [6, 6.07) is 5.54. The molecule has 120 valence electrons. The molecule has 0 aromatic carbocycles. The number of aryl methyl sites for hydroxylation is 1. The van der Waals surface area contributed by atoms with Gasteiger partial charge in [0, 0.05) is 36.9 Å². The number of nitrogens with two attached hydrogens (primary N) is 1. The Kier molecular flexibility index (Phi) is 6.77. The summed E-state index contributed by atoms with van der Waals surface area (Å²) >= 11 is 0.